The number of amides is 2. The Balaban J connectivity index is 2.11. The molecule has 1 saturated heterocycles. The molecule has 1 aromatic rings. The molecule has 1 aromatic carbocycles. The fourth-order valence-electron chi connectivity index (χ4n) is 2.05. The van der Waals surface area contributed by atoms with Gasteiger partial charge in [0.25, 0.3) is 0 Å². The van der Waals surface area contributed by atoms with Crippen LogP contribution in [-0.4, -0.2) is 23.0 Å². The summed E-state index contributed by atoms with van der Waals surface area (Å²) < 4.78 is 0. The van der Waals surface area contributed by atoms with Gasteiger partial charge in [0.1, 0.15) is 11.8 Å². The Morgan fingerprint density at radius 1 is 1.37 bits per heavy atom. The molecular formula is C14H18N2O3. The van der Waals surface area contributed by atoms with Crippen LogP contribution in [0.25, 0.3) is 0 Å². The molecule has 0 spiro atoms. The standard InChI is InChI=1S/C14H18N2O3/c1-8(2)9-3-4-10(12(17)7-9)15-11-5-6-13(18)16-14(11)19/h3-4,7-8,11,15,17H,5-6H2,1-2H3,(H,16,18,19). The Kier molecular flexibility index (Phi) is 3.74. The monoisotopic (exact) mass is 262 g/mol. The largest absolute Gasteiger partial charge is 0.506 e. The van der Waals surface area contributed by atoms with Crippen molar-refractivity contribution < 1.29 is 14.7 Å². The first-order valence-corrected chi connectivity index (χ1v) is 6.40. The van der Waals surface area contributed by atoms with E-state index in [9.17, 15) is 14.7 Å². The van der Waals surface area contributed by atoms with Crippen molar-refractivity contribution in [3.8, 4) is 5.75 Å². The summed E-state index contributed by atoms with van der Waals surface area (Å²) >= 11 is 0. The number of imide groups is 1. The zero-order chi connectivity index (χ0) is 14.0. The number of aromatic hydroxyl groups is 1. The highest BCUT2D eigenvalue weighted by Crippen LogP contribution is 2.28. The molecule has 5 nitrogen and oxygen atoms in total. The smallest absolute Gasteiger partial charge is 0.249 e. The summed E-state index contributed by atoms with van der Waals surface area (Å²) in [6.45, 7) is 4.09. The van der Waals surface area contributed by atoms with Gasteiger partial charge in [-0.25, -0.2) is 0 Å². The van der Waals surface area contributed by atoms with Gasteiger partial charge >= 0.3 is 0 Å². The van der Waals surface area contributed by atoms with E-state index in [1.165, 1.54) is 0 Å². The molecule has 0 radical (unpaired) electrons. The van der Waals surface area contributed by atoms with Gasteiger partial charge in [-0.15, -0.1) is 0 Å². The van der Waals surface area contributed by atoms with Crippen LogP contribution in [0.2, 0.25) is 0 Å². The SMILES string of the molecule is CC(C)c1ccc(NC2CCC(=O)NC2=O)c(O)c1. The summed E-state index contributed by atoms with van der Waals surface area (Å²) in [5.74, 6) is -0.141. The summed E-state index contributed by atoms with van der Waals surface area (Å²) in [6, 6.07) is 4.89. The quantitative estimate of drug-likeness (QED) is 0.572. The zero-order valence-electron chi connectivity index (χ0n) is 11.1. The second-order valence-corrected chi connectivity index (χ2v) is 5.08. The maximum Gasteiger partial charge on any atom is 0.249 e. The van der Waals surface area contributed by atoms with Crippen molar-refractivity contribution >= 4 is 17.5 Å². The van der Waals surface area contributed by atoms with Gasteiger partial charge in [-0.2, -0.15) is 0 Å². The van der Waals surface area contributed by atoms with E-state index in [1.54, 1.807) is 12.1 Å². The number of carbonyl (C=O) groups is 2. The number of hydrogen-bond acceptors (Lipinski definition) is 4. The summed E-state index contributed by atoms with van der Waals surface area (Å²) in [5, 5.41) is 15.2. The van der Waals surface area contributed by atoms with E-state index in [-0.39, 0.29) is 17.6 Å². The second-order valence-electron chi connectivity index (χ2n) is 5.08. The fourth-order valence-corrected chi connectivity index (χ4v) is 2.05. The van der Waals surface area contributed by atoms with E-state index in [2.05, 4.69) is 10.6 Å². The molecule has 1 fully saturated rings. The fraction of sp³-hybridized carbons (Fsp3) is 0.429. The van der Waals surface area contributed by atoms with Crippen molar-refractivity contribution in [2.45, 2.75) is 38.6 Å². The maximum absolute atomic E-state index is 11.6. The van der Waals surface area contributed by atoms with Crippen molar-refractivity contribution in [3.63, 3.8) is 0 Å². The minimum Gasteiger partial charge on any atom is -0.506 e. The van der Waals surface area contributed by atoms with E-state index in [0.29, 0.717) is 24.4 Å². The van der Waals surface area contributed by atoms with Crippen LogP contribution in [0.3, 0.4) is 0 Å². The number of phenols is 1. The van der Waals surface area contributed by atoms with Crippen molar-refractivity contribution in [1.82, 2.24) is 5.32 Å². The predicted molar refractivity (Wildman–Crippen MR) is 72.0 cm³/mol. The molecule has 0 aromatic heterocycles. The lowest BCUT2D eigenvalue weighted by atomic mass is 10.0. The van der Waals surface area contributed by atoms with Crippen LogP contribution in [0.1, 0.15) is 38.2 Å². The van der Waals surface area contributed by atoms with Gasteiger partial charge in [0.05, 0.1) is 5.69 Å². The van der Waals surface area contributed by atoms with Crippen LogP contribution in [0.15, 0.2) is 18.2 Å². The van der Waals surface area contributed by atoms with Gasteiger partial charge in [-0.05, 0) is 30.0 Å². The minimum absolute atomic E-state index is 0.121. The summed E-state index contributed by atoms with van der Waals surface area (Å²) in [7, 11) is 0. The van der Waals surface area contributed by atoms with Crippen LogP contribution in [0, 0.1) is 0 Å². The van der Waals surface area contributed by atoms with Gasteiger partial charge in [0.2, 0.25) is 11.8 Å². The first-order valence-electron chi connectivity index (χ1n) is 6.40. The Hall–Kier alpha value is -2.04. The Bertz CT molecular complexity index is 511. The summed E-state index contributed by atoms with van der Waals surface area (Å²) in [4.78, 5) is 22.7. The van der Waals surface area contributed by atoms with Crippen LogP contribution in [0.5, 0.6) is 5.75 Å². The zero-order valence-corrected chi connectivity index (χ0v) is 11.1. The molecule has 1 atom stereocenters. The average molecular weight is 262 g/mol. The third-order valence-corrected chi connectivity index (χ3v) is 3.26. The van der Waals surface area contributed by atoms with Crippen LogP contribution >= 0.6 is 0 Å². The van der Waals surface area contributed by atoms with Crippen molar-refractivity contribution in [2.75, 3.05) is 5.32 Å². The lowest BCUT2D eigenvalue weighted by Gasteiger charge is -2.23. The van der Waals surface area contributed by atoms with Crippen LogP contribution in [-0.2, 0) is 9.59 Å². The highest BCUT2D eigenvalue weighted by molar-refractivity contribution is 6.01. The van der Waals surface area contributed by atoms with Gasteiger partial charge in [-0.3, -0.25) is 14.9 Å². The first kappa shape index (κ1) is 13.4. The molecule has 2 rings (SSSR count). The number of piperidine rings is 1. The number of carbonyl (C=O) groups excluding carboxylic acids is 2. The number of anilines is 1. The number of rotatable bonds is 3. The lowest BCUT2D eigenvalue weighted by molar-refractivity contribution is -0.133. The molecular weight excluding hydrogens is 244 g/mol. The molecule has 19 heavy (non-hydrogen) atoms. The molecule has 0 bridgehead atoms. The van der Waals surface area contributed by atoms with Crippen LogP contribution < -0.4 is 10.6 Å². The third kappa shape index (κ3) is 3.05. The highest BCUT2D eigenvalue weighted by Gasteiger charge is 2.26. The maximum atomic E-state index is 11.6. The van der Waals surface area contributed by atoms with Gasteiger partial charge < -0.3 is 10.4 Å². The average Bonchev–Trinajstić information content (AvgIpc) is 2.34. The molecule has 5 heteroatoms. The Morgan fingerprint density at radius 3 is 2.68 bits per heavy atom. The molecule has 1 aliphatic rings. The molecule has 0 saturated carbocycles. The van der Waals surface area contributed by atoms with E-state index < -0.39 is 6.04 Å². The van der Waals surface area contributed by atoms with Crippen molar-refractivity contribution in [3.05, 3.63) is 23.8 Å². The van der Waals surface area contributed by atoms with Gasteiger partial charge in [0.15, 0.2) is 0 Å². The Morgan fingerprint density at radius 2 is 2.11 bits per heavy atom. The van der Waals surface area contributed by atoms with E-state index in [1.807, 2.05) is 19.9 Å². The van der Waals surface area contributed by atoms with Gasteiger partial charge in [0, 0.05) is 6.42 Å². The number of benzene rings is 1. The van der Waals surface area contributed by atoms with Crippen LogP contribution in [0.4, 0.5) is 5.69 Å². The highest BCUT2D eigenvalue weighted by atomic mass is 16.3. The molecule has 0 aliphatic carbocycles. The number of hydrogen-bond donors (Lipinski definition) is 3. The van der Waals surface area contributed by atoms with Crippen molar-refractivity contribution in [2.24, 2.45) is 0 Å². The van der Waals surface area contributed by atoms with Gasteiger partial charge in [-0.1, -0.05) is 19.9 Å². The summed E-state index contributed by atoms with van der Waals surface area (Å²) in [5.41, 5.74) is 1.55. The third-order valence-electron chi connectivity index (χ3n) is 3.26. The second kappa shape index (κ2) is 5.30. The predicted octanol–water partition coefficient (Wildman–Crippen LogP) is 1.73. The minimum atomic E-state index is -0.478. The molecule has 2 amide bonds. The first-order chi connectivity index (χ1) is 8.97. The molecule has 1 aliphatic heterocycles. The Labute approximate surface area is 112 Å². The number of nitrogens with one attached hydrogen (secondary N) is 2. The van der Waals surface area contributed by atoms with E-state index in [4.69, 9.17) is 0 Å². The molecule has 102 valence electrons. The van der Waals surface area contributed by atoms with E-state index in [0.717, 1.165) is 5.56 Å². The molecule has 3 N–H and O–H groups in total. The molecule has 1 unspecified atom stereocenters. The normalized spacial score (nSPS) is 19.4. The van der Waals surface area contributed by atoms with Crippen molar-refractivity contribution in [1.29, 1.82) is 0 Å². The van der Waals surface area contributed by atoms with E-state index >= 15 is 0 Å². The molecule has 1 heterocycles. The lowest BCUT2D eigenvalue weighted by Crippen LogP contribution is -2.47. The topological polar surface area (TPSA) is 78.4 Å². The summed E-state index contributed by atoms with van der Waals surface area (Å²) in [6.07, 6.45) is 0.754. The number of phenolic OH excluding ortho intramolecular Hbond substituents is 1.